The van der Waals surface area contributed by atoms with E-state index in [1.165, 1.54) is 22.6 Å². The number of hydrazone groups is 1. The van der Waals surface area contributed by atoms with Crippen molar-refractivity contribution in [2.45, 2.75) is 6.92 Å². The molecule has 0 N–H and O–H groups in total. The minimum Gasteiger partial charge on any atom is -0.463 e. The molecule has 0 radical (unpaired) electrons. The summed E-state index contributed by atoms with van der Waals surface area (Å²) >= 11 is 7.34. The topological polar surface area (TPSA) is 58.7 Å². The number of fused-ring (bicyclic) bond motifs is 1. The molecule has 0 saturated heterocycles. The number of rotatable bonds is 4. The first-order valence-corrected chi connectivity index (χ1v) is 9.34. The second-order valence-electron chi connectivity index (χ2n) is 5.85. The van der Waals surface area contributed by atoms with Crippen LogP contribution in [-0.2, 0) is 0 Å². The molecule has 0 aliphatic rings. The molecule has 2 aromatic carbocycles. The molecule has 2 aromatic heterocycles. The van der Waals surface area contributed by atoms with Crippen LogP contribution in [0.25, 0.3) is 10.2 Å². The maximum atomic E-state index is 13.1. The summed E-state index contributed by atoms with van der Waals surface area (Å²) < 4.78 is 6.27. The normalized spacial score (nSPS) is 11.3. The Hall–Kier alpha value is -2.96. The number of thiazole rings is 1. The fourth-order valence-electron chi connectivity index (χ4n) is 2.49. The predicted octanol–water partition coefficient (Wildman–Crippen LogP) is 5.53. The van der Waals surface area contributed by atoms with Gasteiger partial charge in [-0.3, -0.25) is 4.79 Å². The Balaban J connectivity index is 1.76. The number of anilines is 1. The molecule has 134 valence electrons. The van der Waals surface area contributed by atoms with E-state index in [0.29, 0.717) is 21.5 Å². The SMILES string of the molecule is Cc1ccc2nc(N(/N=C\c3ccco3)C(=O)c3ccc(Cl)cc3)sc2c1. The van der Waals surface area contributed by atoms with E-state index in [9.17, 15) is 4.79 Å². The van der Waals surface area contributed by atoms with Crippen LogP contribution >= 0.6 is 22.9 Å². The van der Waals surface area contributed by atoms with E-state index in [1.807, 2.05) is 25.1 Å². The summed E-state index contributed by atoms with van der Waals surface area (Å²) in [5, 5.41) is 6.66. The fourth-order valence-corrected chi connectivity index (χ4v) is 3.64. The van der Waals surface area contributed by atoms with Crippen LogP contribution in [0.15, 0.2) is 70.4 Å². The van der Waals surface area contributed by atoms with Crippen LogP contribution in [0, 0.1) is 6.92 Å². The molecule has 4 rings (SSSR count). The van der Waals surface area contributed by atoms with Crippen molar-refractivity contribution in [3.05, 3.63) is 82.8 Å². The number of halogens is 1. The summed E-state index contributed by atoms with van der Waals surface area (Å²) in [6.45, 7) is 2.02. The van der Waals surface area contributed by atoms with Crippen molar-refractivity contribution in [1.82, 2.24) is 4.98 Å². The predicted molar refractivity (Wildman–Crippen MR) is 109 cm³/mol. The van der Waals surface area contributed by atoms with Crippen LogP contribution in [0.4, 0.5) is 5.13 Å². The number of hydrogen-bond acceptors (Lipinski definition) is 5. The smallest absolute Gasteiger partial charge is 0.280 e. The number of furan rings is 1. The minimum absolute atomic E-state index is 0.301. The van der Waals surface area contributed by atoms with Crippen molar-refractivity contribution in [3.63, 3.8) is 0 Å². The number of hydrogen-bond donors (Lipinski definition) is 0. The van der Waals surface area contributed by atoms with Crippen molar-refractivity contribution in [3.8, 4) is 0 Å². The highest BCUT2D eigenvalue weighted by Gasteiger charge is 2.21. The molecule has 0 saturated carbocycles. The number of carbonyl (C=O) groups is 1. The fraction of sp³-hybridized carbons (Fsp3) is 0.0500. The molecular weight excluding hydrogens is 382 g/mol. The van der Waals surface area contributed by atoms with Gasteiger partial charge in [0.2, 0.25) is 5.13 Å². The molecule has 0 bridgehead atoms. The Morgan fingerprint density at radius 3 is 2.78 bits per heavy atom. The summed E-state index contributed by atoms with van der Waals surface area (Å²) in [5.41, 5.74) is 2.42. The van der Waals surface area contributed by atoms with E-state index < -0.39 is 0 Å². The first kappa shape index (κ1) is 17.5. The molecule has 0 aliphatic heterocycles. The first-order valence-electron chi connectivity index (χ1n) is 8.15. The first-order chi connectivity index (χ1) is 13.1. The minimum atomic E-state index is -0.301. The van der Waals surface area contributed by atoms with Gasteiger partial charge in [-0.15, -0.1) is 0 Å². The zero-order valence-electron chi connectivity index (χ0n) is 14.3. The lowest BCUT2D eigenvalue weighted by Crippen LogP contribution is -2.25. The molecule has 0 aliphatic carbocycles. The molecule has 2 heterocycles. The van der Waals surface area contributed by atoms with Gasteiger partial charge in [0.25, 0.3) is 5.91 Å². The molecule has 0 spiro atoms. The Bertz CT molecular complexity index is 1120. The number of aryl methyl sites for hydroxylation is 1. The number of nitrogens with zero attached hydrogens (tertiary/aromatic N) is 3. The maximum absolute atomic E-state index is 13.1. The van der Waals surface area contributed by atoms with Crippen LogP contribution in [-0.4, -0.2) is 17.1 Å². The van der Waals surface area contributed by atoms with E-state index in [1.54, 1.807) is 42.7 Å². The maximum Gasteiger partial charge on any atom is 0.280 e. The van der Waals surface area contributed by atoms with E-state index in [4.69, 9.17) is 16.0 Å². The monoisotopic (exact) mass is 395 g/mol. The zero-order chi connectivity index (χ0) is 18.8. The number of carbonyl (C=O) groups excluding carboxylic acids is 1. The van der Waals surface area contributed by atoms with Gasteiger partial charge in [-0.1, -0.05) is 29.0 Å². The van der Waals surface area contributed by atoms with E-state index in [-0.39, 0.29) is 5.91 Å². The van der Waals surface area contributed by atoms with Gasteiger partial charge >= 0.3 is 0 Å². The van der Waals surface area contributed by atoms with Gasteiger partial charge < -0.3 is 4.42 Å². The van der Waals surface area contributed by atoms with Crippen molar-refractivity contribution in [1.29, 1.82) is 0 Å². The molecule has 1 amide bonds. The summed E-state index contributed by atoms with van der Waals surface area (Å²) in [4.78, 5) is 17.6. The van der Waals surface area contributed by atoms with Crippen LogP contribution in [0.3, 0.4) is 0 Å². The standard InChI is InChI=1S/C20H14ClN3O2S/c1-13-4-9-17-18(11-13)27-20(23-17)24(22-12-16-3-2-10-26-16)19(25)14-5-7-15(21)8-6-14/h2-12H,1H3/b22-12-. The third kappa shape index (κ3) is 3.77. The lowest BCUT2D eigenvalue weighted by Gasteiger charge is -2.13. The average Bonchev–Trinajstić information content (AvgIpc) is 3.31. The van der Waals surface area contributed by atoms with Gasteiger partial charge in [0.15, 0.2) is 0 Å². The van der Waals surface area contributed by atoms with E-state index in [0.717, 1.165) is 15.8 Å². The van der Waals surface area contributed by atoms with E-state index in [2.05, 4.69) is 10.1 Å². The van der Waals surface area contributed by atoms with Crippen LogP contribution < -0.4 is 5.01 Å². The van der Waals surface area contributed by atoms with Gasteiger partial charge in [0, 0.05) is 10.6 Å². The Morgan fingerprint density at radius 2 is 2.04 bits per heavy atom. The molecule has 5 nitrogen and oxygen atoms in total. The molecule has 0 fully saturated rings. The molecule has 27 heavy (non-hydrogen) atoms. The van der Waals surface area contributed by atoms with Crippen LogP contribution in [0.1, 0.15) is 21.7 Å². The Kier molecular flexibility index (Phi) is 4.75. The van der Waals surface area contributed by atoms with E-state index >= 15 is 0 Å². The largest absolute Gasteiger partial charge is 0.463 e. The van der Waals surface area contributed by atoms with Crippen molar-refractivity contribution in [2.24, 2.45) is 5.10 Å². The third-order valence-electron chi connectivity index (χ3n) is 3.84. The zero-order valence-corrected chi connectivity index (χ0v) is 15.9. The second-order valence-corrected chi connectivity index (χ2v) is 7.30. The highest BCUT2D eigenvalue weighted by atomic mass is 35.5. The Morgan fingerprint density at radius 1 is 1.22 bits per heavy atom. The van der Waals surface area contributed by atoms with Crippen LogP contribution in [0.2, 0.25) is 5.02 Å². The van der Waals surface area contributed by atoms with Gasteiger partial charge in [-0.25, -0.2) is 4.98 Å². The summed E-state index contributed by atoms with van der Waals surface area (Å²) in [5.74, 6) is 0.242. The lowest BCUT2D eigenvalue weighted by molar-refractivity contribution is 0.0988. The van der Waals surface area contributed by atoms with Crippen molar-refractivity contribution >= 4 is 50.4 Å². The molecule has 4 aromatic rings. The summed E-state index contributed by atoms with van der Waals surface area (Å²) in [6.07, 6.45) is 3.04. The third-order valence-corrected chi connectivity index (χ3v) is 5.09. The quantitative estimate of drug-likeness (QED) is 0.337. The number of benzene rings is 2. The van der Waals surface area contributed by atoms with Gasteiger partial charge in [0.05, 0.1) is 22.7 Å². The molecule has 7 heteroatoms. The lowest BCUT2D eigenvalue weighted by atomic mass is 10.2. The molecule has 0 atom stereocenters. The van der Waals surface area contributed by atoms with Crippen molar-refractivity contribution in [2.75, 3.05) is 5.01 Å². The highest BCUT2D eigenvalue weighted by Crippen LogP contribution is 2.30. The molecular formula is C20H14ClN3O2S. The Labute approximate surface area is 164 Å². The average molecular weight is 396 g/mol. The number of amides is 1. The second kappa shape index (κ2) is 7.34. The van der Waals surface area contributed by atoms with Gasteiger partial charge in [-0.05, 0) is 61.0 Å². The number of aromatic nitrogens is 1. The summed E-state index contributed by atoms with van der Waals surface area (Å²) in [7, 11) is 0. The van der Waals surface area contributed by atoms with Gasteiger partial charge in [0.1, 0.15) is 5.76 Å². The highest BCUT2D eigenvalue weighted by molar-refractivity contribution is 7.22. The van der Waals surface area contributed by atoms with Crippen molar-refractivity contribution < 1.29 is 9.21 Å². The van der Waals surface area contributed by atoms with Crippen LogP contribution in [0.5, 0.6) is 0 Å². The summed E-state index contributed by atoms with van der Waals surface area (Å²) in [6, 6.07) is 16.2. The molecule has 0 unspecified atom stereocenters. The van der Waals surface area contributed by atoms with Gasteiger partial charge in [-0.2, -0.15) is 10.1 Å².